The zero-order chi connectivity index (χ0) is 13.3. The van der Waals surface area contributed by atoms with Gasteiger partial charge in [0.15, 0.2) is 0 Å². The minimum absolute atomic E-state index is 0.484. The first-order valence-corrected chi connectivity index (χ1v) is 6.89. The van der Waals surface area contributed by atoms with Crippen molar-refractivity contribution < 1.29 is 5.11 Å². The summed E-state index contributed by atoms with van der Waals surface area (Å²) in [7, 11) is 0. The first-order valence-electron chi connectivity index (χ1n) is 6.14. The second-order valence-electron chi connectivity index (χ2n) is 5.29. The Labute approximate surface area is 118 Å². The van der Waals surface area contributed by atoms with Crippen LogP contribution >= 0.6 is 23.2 Å². The largest absolute Gasteiger partial charge is 0.390 e. The molecule has 1 N–H and O–H groups in total. The molecule has 1 aromatic rings. The summed E-state index contributed by atoms with van der Waals surface area (Å²) in [6, 6.07) is 1.84. The molecule has 0 radical (unpaired) electrons. The van der Waals surface area contributed by atoms with Gasteiger partial charge in [0.05, 0.1) is 5.60 Å². The molecule has 0 atom stereocenters. The van der Waals surface area contributed by atoms with E-state index >= 15 is 0 Å². The Morgan fingerprint density at radius 1 is 1.39 bits per heavy atom. The van der Waals surface area contributed by atoms with Gasteiger partial charge in [0, 0.05) is 35.9 Å². The predicted molar refractivity (Wildman–Crippen MR) is 74.1 cm³/mol. The van der Waals surface area contributed by atoms with E-state index in [-0.39, 0.29) is 0 Å². The molecule has 0 aliphatic carbocycles. The minimum Gasteiger partial charge on any atom is -0.390 e. The summed E-state index contributed by atoms with van der Waals surface area (Å²) in [6.07, 6.45) is 1.56. The number of hydrogen-bond donors (Lipinski definition) is 1. The lowest BCUT2D eigenvalue weighted by Crippen LogP contribution is -2.42. The first-order chi connectivity index (χ1) is 8.37. The Kier molecular flexibility index (Phi) is 4.17. The number of aromatic nitrogens is 1. The fraction of sp³-hybridized carbons (Fsp3) is 0.615. The van der Waals surface area contributed by atoms with Gasteiger partial charge in [-0.05, 0) is 32.8 Å². The van der Waals surface area contributed by atoms with Gasteiger partial charge in [0.1, 0.15) is 5.15 Å². The molecule has 0 saturated carbocycles. The number of rotatable bonds is 2. The van der Waals surface area contributed by atoms with Crippen LogP contribution in [0, 0.1) is 6.92 Å². The molecule has 5 heteroatoms. The number of hydrogen-bond acceptors (Lipinski definition) is 3. The van der Waals surface area contributed by atoms with Crippen LogP contribution in [0.25, 0.3) is 0 Å². The molecular weight excluding hydrogens is 271 g/mol. The van der Waals surface area contributed by atoms with Gasteiger partial charge < -0.3 is 5.11 Å². The van der Waals surface area contributed by atoms with Crippen LogP contribution in [0.15, 0.2) is 6.07 Å². The predicted octanol–water partition coefficient (Wildman–Crippen LogP) is 3.04. The molecular formula is C13H18Cl2N2O. The topological polar surface area (TPSA) is 36.4 Å². The minimum atomic E-state index is -0.532. The van der Waals surface area contributed by atoms with Gasteiger partial charge in [-0.1, -0.05) is 23.2 Å². The Morgan fingerprint density at radius 2 is 2.00 bits per heavy atom. The van der Waals surface area contributed by atoms with E-state index in [0.29, 0.717) is 16.7 Å². The maximum absolute atomic E-state index is 9.91. The van der Waals surface area contributed by atoms with Crippen LogP contribution in [0.2, 0.25) is 10.2 Å². The molecule has 2 rings (SSSR count). The molecule has 3 nitrogen and oxygen atoms in total. The number of aliphatic hydroxyl groups is 1. The molecule has 100 valence electrons. The van der Waals surface area contributed by atoms with Crippen molar-refractivity contribution in [1.29, 1.82) is 0 Å². The van der Waals surface area contributed by atoms with Crippen molar-refractivity contribution in [3.63, 3.8) is 0 Å². The summed E-state index contributed by atoms with van der Waals surface area (Å²) >= 11 is 12.3. The van der Waals surface area contributed by atoms with Crippen molar-refractivity contribution in [2.45, 2.75) is 38.8 Å². The van der Waals surface area contributed by atoms with E-state index in [9.17, 15) is 5.11 Å². The summed E-state index contributed by atoms with van der Waals surface area (Å²) in [6.45, 7) is 6.17. The second-order valence-corrected chi connectivity index (χ2v) is 6.05. The van der Waals surface area contributed by atoms with E-state index in [1.165, 1.54) is 0 Å². The van der Waals surface area contributed by atoms with Gasteiger partial charge in [-0.2, -0.15) is 0 Å². The standard InChI is InChI=1S/C13H18Cl2N2O/c1-9-7-11(14)10(12(15)16-9)8-17-5-3-13(2,18)4-6-17/h7,18H,3-6,8H2,1-2H3. The van der Waals surface area contributed by atoms with Crippen molar-refractivity contribution in [2.24, 2.45) is 0 Å². The molecule has 18 heavy (non-hydrogen) atoms. The summed E-state index contributed by atoms with van der Waals surface area (Å²) in [4.78, 5) is 6.49. The highest BCUT2D eigenvalue weighted by Gasteiger charge is 2.27. The molecule has 1 fully saturated rings. The van der Waals surface area contributed by atoms with Crippen LogP contribution in [-0.4, -0.2) is 33.7 Å². The van der Waals surface area contributed by atoms with E-state index in [0.717, 1.165) is 37.2 Å². The molecule has 2 heterocycles. The first kappa shape index (κ1) is 14.1. The molecule has 1 saturated heterocycles. The second kappa shape index (κ2) is 5.33. The Balaban J connectivity index is 2.07. The van der Waals surface area contributed by atoms with Crippen molar-refractivity contribution in [1.82, 2.24) is 9.88 Å². The van der Waals surface area contributed by atoms with E-state index in [4.69, 9.17) is 23.2 Å². The maximum Gasteiger partial charge on any atom is 0.135 e. The molecule has 1 aliphatic heterocycles. The summed E-state index contributed by atoms with van der Waals surface area (Å²) < 4.78 is 0. The summed E-state index contributed by atoms with van der Waals surface area (Å²) in [5, 5.41) is 11.1. The number of piperidine rings is 1. The Bertz CT molecular complexity index is 416. The number of halogens is 2. The molecule has 0 bridgehead atoms. The van der Waals surface area contributed by atoms with Crippen LogP contribution in [0.1, 0.15) is 31.0 Å². The van der Waals surface area contributed by atoms with Gasteiger partial charge in [-0.25, -0.2) is 4.98 Å². The normalized spacial score (nSPS) is 20.1. The average Bonchev–Trinajstić information content (AvgIpc) is 2.25. The lowest BCUT2D eigenvalue weighted by Gasteiger charge is -2.35. The van der Waals surface area contributed by atoms with Gasteiger partial charge in [-0.3, -0.25) is 4.90 Å². The number of likely N-dealkylation sites (tertiary alicyclic amines) is 1. The fourth-order valence-electron chi connectivity index (χ4n) is 2.18. The SMILES string of the molecule is Cc1cc(Cl)c(CN2CCC(C)(O)CC2)c(Cl)n1. The third-order valence-electron chi connectivity index (χ3n) is 3.46. The van der Waals surface area contributed by atoms with Gasteiger partial charge in [-0.15, -0.1) is 0 Å². The number of aryl methyl sites for hydroxylation is 1. The van der Waals surface area contributed by atoms with Crippen LogP contribution in [0.3, 0.4) is 0 Å². The lowest BCUT2D eigenvalue weighted by atomic mass is 9.94. The number of pyridine rings is 1. The molecule has 1 aliphatic rings. The fourth-order valence-corrected chi connectivity index (χ4v) is 2.83. The molecule has 0 aromatic carbocycles. The van der Waals surface area contributed by atoms with Crippen LogP contribution < -0.4 is 0 Å². The Hall–Kier alpha value is -0.350. The van der Waals surface area contributed by atoms with Gasteiger partial charge >= 0.3 is 0 Å². The zero-order valence-electron chi connectivity index (χ0n) is 10.7. The van der Waals surface area contributed by atoms with E-state index < -0.39 is 5.60 Å². The molecule has 1 aromatic heterocycles. The van der Waals surface area contributed by atoms with Gasteiger partial charge in [0.25, 0.3) is 0 Å². The van der Waals surface area contributed by atoms with E-state index in [1.807, 2.05) is 19.9 Å². The Morgan fingerprint density at radius 3 is 2.56 bits per heavy atom. The van der Waals surface area contributed by atoms with Crippen molar-refractivity contribution in [3.05, 3.63) is 27.5 Å². The quantitative estimate of drug-likeness (QED) is 0.850. The van der Waals surface area contributed by atoms with E-state index in [1.54, 1.807) is 0 Å². The molecule has 0 spiro atoms. The summed E-state index contributed by atoms with van der Waals surface area (Å²) in [5.41, 5.74) is 1.18. The molecule has 0 unspecified atom stereocenters. The van der Waals surface area contributed by atoms with Crippen molar-refractivity contribution in [2.75, 3.05) is 13.1 Å². The number of nitrogens with zero attached hydrogens (tertiary/aromatic N) is 2. The summed E-state index contributed by atoms with van der Waals surface area (Å²) in [5.74, 6) is 0. The zero-order valence-corrected chi connectivity index (χ0v) is 12.2. The van der Waals surface area contributed by atoms with Gasteiger partial charge in [0.2, 0.25) is 0 Å². The smallest absolute Gasteiger partial charge is 0.135 e. The van der Waals surface area contributed by atoms with E-state index in [2.05, 4.69) is 9.88 Å². The monoisotopic (exact) mass is 288 g/mol. The van der Waals surface area contributed by atoms with Crippen LogP contribution in [0.5, 0.6) is 0 Å². The van der Waals surface area contributed by atoms with Crippen molar-refractivity contribution in [3.8, 4) is 0 Å². The highest BCUT2D eigenvalue weighted by molar-refractivity contribution is 6.35. The average molecular weight is 289 g/mol. The van der Waals surface area contributed by atoms with Crippen LogP contribution in [0.4, 0.5) is 0 Å². The maximum atomic E-state index is 9.91. The highest BCUT2D eigenvalue weighted by atomic mass is 35.5. The lowest BCUT2D eigenvalue weighted by molar-refractivity contribution is -0.00730. The third kappa shape index (κ3) is 3.35. The van der Waals surface area contributed by atoms with Crippen molar-refractivity contribution >= 4 is 23.2 Å². The highest BCUT2D eigenvalue weighted by Crippen LogP contribution is 2.28. The molecule has 0 amide bonds. The third-order valence-corrected chi connectivity index (χ3v) is 4.11. The van der Waals surface area contributed by atoms with Crippen LogP contribution in [-0.2, 0) is 6.54 Å².